The summed E-state index contributed by atoms with van der Waals surface area (Å²) in [5.41, 5.74) is 2.28. The molecule has 0 amide bonds. The first-order chi connectivity index (χ1) is 8.66. The highest BCUT2D eigenvalue weighted by atomic mass is 32.1. The molecular weight excluding hydrogens is 246 g/mol. The zero-order valence-electron chi connectivity index (χ0n) is 10.0. The van der Waals surface area contributed by atoms with Crippen LogP contribution < -0.4 is 0 Å². The van der Waals surface area contributed by atoms with Gasteiger partial charge >= 0.3 is 5.97 Å². The number of carboxylic acids is 1. The predicted octanol–water partition coefficient (Wildman–Crippen LogP) is 3.69. The lowest BCUT2D eigenvalue weighted by atomic mass is 10.1. The minimum Gasteiger partial charge on any atom is -0.476 e. The molecule has 0 spiro atoms. The summed E-state index contributed by atoms with van der Waals surface area (Å²) in [7, 11) is 0. The number of carbonyl (C=O) groups is 1. The van der Waals surface area contributed by atoms with E-state index in [2.05, 4.69) is 4.98 Å². The Labute approximate surface area is 109 Å². The topological polar surface area (TPSA) is 50.2 Å². The smallest absolute Gasteiger partial charge is 0.356 e. The molecule has 0 bridgehead atoms. The van der Waals surface area contributed by atoms with Gasteiger partial charge in [-0.1, -0.05) is 24.3 Å². The van der Waals surface area contributed by atoms with E-state index in [0.29, 0.717) is 5.92 Å². The quantitative estimate of drug-likeness (QED) is 0.914. The molecule has 0 aliphatic heterocycles. The molecule has 1 aliphatic rings. The van der Waals surface area contributed by atoms with Gasteiger partial charge < -0.3 is 5.11 Å². The summed E-state index contributed by atoms with van der Waals surface area (Å²) >= 11 is 1.53. The molecule has 3 rings (SSSR count). The van der Waals surface area contributed by atoms with Gasteiger partial charge in [0.25, 0.3) is 0 Å². The zero-order valence-corrected chi connectivity index (χ0v) is 10.8. The van der Waals surface area contributed by atoms with E-state index in [-0.39, 0.29) is 5.69 Å². The van der Waals surface area contributed by atoms with Crippen molar-refractivity contribution in [2.45, 2.75) is 25.7 Å². The first-order valence-electron chi connectivity index (χ1n) is 5.97. The maximum Gasteiger partial charge on any atom is 0.356 e. The lowest BCUT2D eigenvalue weighted by Gasteiger charge is -2.02. The fraction of sp³-hybridized carbons (Fsp3) is 0.286. The third-order valence-corrected chi connectivity index (χ3v) is 4.41. The number of aryl methyl sites for hydroxylation is 1. The summed E-state index contributed by atoms with van der Waals surface area (Å²) in [4.78, 5) is 16.4. The minimum absolute atomic E-state index is 0.205. The second-order valence-electron chi connectivity index (χ2n) is 4.62. The maximum atomic E-state index is 11.3. The Balaban J connectivity index is 2.15. The number of benzene rings is 1. The molecule has 4 heteroatoms. The van der Waals surface area contributed by atoms with Crippen molar-refractivity contribution >= 4 is 17.3 Å². The number of thiazole rings is 1. The predicted molar refractivity (Wildman–Crippen MR) is 71.2 cm³/mol. The molecule has 1 fully saturated rings. The Morgan fingerprint density at radius 2 is 2.11 bits per heavy atom. The monoisotopic (exact) mass is 259 g/mol. The van der Waals surface area contributed by atoms with Crippen molar-refractivity contribution in [1.82, 2.24) is 4.98 Å². The summed E-state index contributed by atoms with van der Waals surface area (Å²) in [6, 6.07) is 7.86. The Kier molecular flexibility index (Phi) is 2.67. The van der Waals surface area contributed by atoms with E-state index in [9.17, 15) is 9.90 Å². The van der Waals surface area contributed by atoms with Crippen molar-refractivity contribution in [2.24, 2.45) is 0 Å². The summed E-state index contributed by atoms with van der Waals surface area (Å²) in [5, 5.41) is 10.3. The summed E-state index contributed by atoms with van der Waals surface area (Å²) < 4.78 is 0. The Morgan fingerprint density at radius 3 is 2.72 bits per heavy atom. The van der Waals surface area contributed by atoms with Gasteiger partial charge in [0, 0.05) is 5.92 Å². The van der Waals surface area contributed by atoms with Crippen LogP contribution in [-0.2, 0) is 0 Å². The summed E-state index contributed by atoms with van der Waals surface area (Å²) in [6.45, 7) is 2.00. The second kappa shape index (κ2) is 4.21. The van der Waals surface area contributed by atoms with Crippen LogP contribution in [0.15, 0.2) is 24.3 Å². The molecule has 0 radical (unpaired) electrons. The van der Waals surface area contributed by atoms with Crippen molar-refractivity contribution in [1.29, 1.82) is 0 Å². The number of aromatic carboxylic acids is 1. The standard InChI is InChI=1S/C14H13NO2S/c1-8-4-2-3-5-10(8)12-11(14(16)17)15-13(18-12)9-6-7-9/h2-5,9H,6-7H2,1H3,(H,16,17). The number of hydrogen-bond donors (Lipinski definition) is 1. The molecule has 1 aromatic heterocycles. The summed E-state index contributed by atoms with van der Waals surface area (Å²) in [5.74, 6) is -0.442. The number of nitrogens with zero attached hydrogens (tertiary/aromatic N) is 1. The van der Waals surface area contributed by atoms with E-state index in [1.165, 1.54) is 11.3 Å². The lowest BCUT2D eigenvalue weighted by Crippen LogP contribution is -1.99. The SMILES string of the molecule is Cc1ccccc1-c1sc(C2CC2)nc1C(=O)O. The molecule has 1 aliphatic carbocycles. The molecular formula is C14H13NO2S. The van der Waals surface area contributed by atoms with Gasteiger partial charge in [-0.05, 0) is 30.9 Å². The lowest BCUT2D eigenvalue weighted by molar-refractivity contribution is 0.0692. The summed E-state index contributed by atoms with van der Waals surface area (Å²) in [6.07, 6.45) is 2.28. The molecule has 18 heavy (non-hydrogen) atoms. The van der Waals surface area contributed by atoms with Gasteiger partial charge in [0.05, 0.1) is 9.88 Å². The van der Waals surface area contributed by atoms with Crippen molar-refractivity contribution in [3.8, 4) is 10.4 Å². The van der Waals surface area contributed by atoms with E-state index in [0.717, 1.165) is 33.9 Å². The van der Waals surface area contributed by atoms with Crippen LogP contribution in [0.4, 0.5) is 0 Å². The molecule has 1 heterocycles. The largest absolute Gasteiger partial charge is 0.476 e. The molecule has 92 valence electrons. The minimum atomic E-state index is -0.934. The van der Waals surface area contributed by atoms with Crippen LogP contribution in [0.3, 0.4) is 0 Å². The number of aromatic nitrogens is 1. The highest BCUT2D eigenvalue weighted by molar-refractivity contribution is 7.15. The Bertz CT molecular complexity index is 614. The van der Waals surface area contributed by atoms with Gasteiger partial charge in [0.1, 0.15) is 0 Å². The molecule has 0 unspecified atom stereocenters. The van der Waals surface area contributed by atoms with Crippen LogP contribution in [0.25, 0.3) is 10.4 Å². The molecule has 0 saturated heterocycles. The first kappa shape index (κ1) is 11.4. The average molecular weight is 259 g/mol. The molecule has 3 nitrogen and oxygen atoms in total. The van der Waals surface area contributed by atoms with Crippen LogP contribution in [0.5, 0.6) is 0 Å². The van der Waals surface area contributed by atoms with Gasteiger partial charge in [-0.15, -0.1) is 11.3 Å². The van der Waals surface area contributed by atoms with E-state index in [4.69, 9.17) is 0 Å². The van der Waals surface area contributed by atoms with E-state index in [1.54, 1.807) is 0 Å². The van der Waals surface area contributed by atoms with Crippen molar-refractivity contribution in [3.63, 3.8) is 0 Å². The highest BCUT2D eigenvalue weighted by Gasteiger charge is 2.30. The van der Waals surface area contributed by atoms with Gasteiger partial charge in [-0.2, -0.15) is 0 Å². The van der Waals surface area contributed by atoms with Crippen LogP contribution in [-0.4, -0.2) is 16.1 Å². The van der Waals surface area contributed by atoms with Crippen molar-refractivity contribution in [3.05, 3.63) is 40.5 Å². The number of carboxylic acid groups (broad SMARTS) is 1. The van der Waals surface area contributed by atoms with Gasteiger partial charge in [0.15, 0.2) is 5.69 Å². The van der Waals surface area contributed by atoms with Crippen LogP contribution >= 0.6 is 11.3 Å². The van der Waals surface area contributed by atoms with Crippen LogP contribution in [0.2, 0.25) is 0 Å². The fourth-order valence-electron chi connectivity index (χ4n) is 2.00. The number of rotatable bonds is 3. The average Bonchev–Trinajstić information content (AvgIpc) is 3.09. The third-order valence-electron chi connectivity index (χ3n) is 3.16. The van der Waals surface area contributed by atoms with Gasteiger partial charge in [-0.3, -0.25) is 0 Å². The normalized spacial score (nSPS) is 14.7. The number of hydrogen-bond acceptors (Lipinski definition) is 3. The van der Waals surface area contributed by atoms with Crippen LogP contribution in [0.1, 0.15) is 39.8 Å². The maximum absolute atomic E-state index is 11.3. The highest BCUT2D eigenvalue weighted by Crippen LogP contribution is 2.45. The Hall–Kier alpha value is -1.68. The Morgan fingerprint density at radius 1 is 1.39 bits per heavy atom. The molecule has 1 N–H and O–H groups in total. The molecule has 0 atom stereocenters. The first-order valence-corrected chi connectivity index (χ1v) is 6.78. The van der Waals surface area contributed by atoms with Gasteiger partial charge in [-0.25, -0.2) is 9.78 Å². The van der Waals surface area contributed by atoms with E-state index >= 15 is 0 Å². The van der Waals surface area contributed by atoms with Crippen molar-refractivity contribution in [2.75, 3.05) is 0 Å². The molecule has 1 saturated carbocycles. The van der Waals surface area contributed by atoms with Crippen molar-refractivity contribution < 1.29 is 9.90 Å². The molecule has 2 aromatic rings. The third kappa shape index (κ3) is 1.93. The van der Waals surface area contributed by atoms with E-state index in [1.807, 2.05) is 31.2 Å². The van der Waals surface area contributed by atoms with E-state index < -0.39 is 5.97 Å². The zero-order chi connectivity index (χ0) is 12.7. The second-order valence-corrected chi connectivity index (χ2v) is 5.65. The molecule has 1 aromatic carbocycles. The van der Waals surface area contributed by atoms with Gasteiger partial charge in [0.2, 0.25) is 0 Å². The van der Waals surface area contributed by atoms with Crippen LogP contribution in [0, 0.1) is 6.92 Å². The fourth-order valence-corrected chi connectivity index (χ4v) is 3.31.